The Labute approximate surface area is 437 Å². The molecule has 75 heavy (non-hydrogen) atoms. The van der Waals surface area contributed by atoms with E-state index >= 15 is 0 Å². The first-order valence-electron chi connectivity index (χ1n) is 24.4. The number of benzene rings is 4. The number of primary amides is 1. The summed E-state index contributed by atoms with van der Waals surface area (Å²) in [4.78, 5) is 114. The van der Waals surface area contributed by atoms with Crippen molar-refractivity contribution in [1.82, 2.24) is 37.0 Å². The molecule has 0 fully saturated rings. The van der Waals surface area contributed by atoms with Crippen molar-refractivity contribution in [3.63, 3.8) is 0 Å². The predicted octanol–water partition coefficient (Wildman–Crippen LogP) is 4.29. The molecule has 14 N–H and O–H groups in total. The number of unbranched alkanes of at least 4 members (excludes halogenated alkanes) is 2. The number of carbonyl (C=O) groups excluding carboxylic acids is 7. The van der Waals surface area contributed by atoms with Gasteiger partial charge in [0, 0.05) is 90.2 Å². The van der Waals surface area contributed by atoms with E-state index in [1.54, 1.807) is 54.0 Å². The highest BCUT2D eigenvalue weighted by Gasteiger charge is 2.36. The number of carbonyl (C=O) groups is 7. The van der Waals surface area contributed by atoms with Gasteiger partial charge in [0.05, 0.1) is 18.3 Å². The maximum Gasteiger partial charge on any atom is 0.524 e. The molecule has 0 radical (unpaired) electrons. The summed E-state index contributed by atoms with van der Waals surface area (Å²) in [6.45, 7) is 4.79. The summed E-state index contributed by atoms with van der Waals surface area (Å²) in [6, 6.07) is 18.7. The van der Waals surface area contributed by atoms with Gasteiger partial charge in [0.25, 0.3) is 11.8 Å². The van der Waals surface area contributed by atoms with Crippen molar-refractivity contribution in [2.75, 3.05) is 60.7 Å². The molecule has 3 atom stereocenters. The fourth-order valence-corrected chi connectivity index (χ4v) is 9.35. The zero-order valence-corrected chi connectivity index (χ0v) is 43.0. The van der Waals surface area contributed by atoms with Gasteiger partial charge in [0.1, 0.15) is 17.5 Å². The molecule has 0 saturated carbocycles. The van der Waals surface area contributed by atoms with Crippen LogP contribution in [0.4, 0.5) is 21.9 Å². The first-order valence-corrected chi connectivity index (χ1v) is 26.4. The van der Waals surface area contributed by atoms with Crippen LogP contribution in [0.3, 0.4) is 0 Å². The Hall–Kier alpha value is -7.11. The Balaban J connectivity index is 1.04. The van der Waals surface area contributed by atoms with Crippen LogP contribution in [0.15, 0.2) is 78.9 Å². The number of anilines is 3. The van der Waals surface area contributed by atoms with Gasteiger partial charge >= 0.3 is 13.9 Å². The second kappa shape index (κ2) is 26.9. The lowest BCUT2D eigenvalue weighted by Crippen LogP contribution is -2.54. The molecule has 1 aromatic heterocycles. The molecule has 0 unspecified atom stereocenters. The number of hydroxylamine groups is 1. The van der Waals surface area contributed by atoms with Gasteiger partial charge < -0.3 is 62.6 Å². The smallest absolute Gasteiger partial charge is 0.404 e. The molecule has 8 amide bonds. The number of amides is 8. The highest BCUT2D eigenvalue weighted by atomic mass is 35.5. The Morgan fingerprint density at radius 1 is 0.813 bits per heavy atom. The average molecular weight is 1080 g/mol. The number of phosphoric ester groups is 1. The van der Waals surface area contributed by atoms with Gasteiger partial charge in [-0.3, -0.25) is 38.6 Å². The van der Waals surface area contributed by atoms with Gasteiger partial charge in [-0.05, 0) is 91.1 Å². The summed E-state index contributed by atoms with van der Waals surface area (Å²) in [6.07, 6.45) is 2.74. The number of H-pyrrole nitrogens is 1. The third-order valence-corrected chi connectivity index (χ3v) is 13.1. The van der Waals surface area contributed by atoms with Gasteiger partial charge in [0.15, 0.2) is 0 Å². The maximum atomic E-state index is 14.2. The van der Waals surface area contributed by atoms with Gasteiger partial charge in [0.2, 0.25) is 23.6 Å². The SMILES string of the molecule is CC(C)[C@H](NCCNC(=O)CCCCCNC(=O)CNO)C(=O)N[C@@H](CCCNC(N)=O)C(=O)Nc1ccc(C(=O)Nc2ccc3[nH]c(C(=O)N4C[C@@H](CCl)c5c4cc(OP(=O)(O)O)c4ccccc54)cc3c2)cc1. The van der Waals surface area contributed by atoms with Gasteiger partial charge in [-0.15, -0.1) is 11.6 Å². The number of hydrogen-bond donors (Lipinski definition) is 13. The number of urea groups is 1. The van der Waals surface area contributed by atoms with Crippen molar-refractivity contribution in [3.8, 4) is 5.75 Å². The Kier molecular flexibility index (Phi) is 20.5. The van der Waals surface area contributed by atoms with Crippen LogP contribution in [-0.2, 0) is 23.7 Å². The molecule has 25 heteroatoms. The van der Waals surface area contributed by atoms with Crippen LogP contribution in [0, 0.1) is 5.92 Å². The van der Waals surface area contributed by atoms with Crippen LogP contribution < -0.4 is 57.9 Å². The summed E-state index contributed by atoms with van der Waals surface area (Å²) in [7, 11) is -4.95. The summed E-state index contributed by atoms with van der Waals surface area (Å²) in [5.41, 5.74) is 10.0. The number of hydrogen-bond acceptors (Lipinski definition) is 12. The van der Waals surface area contributed by atoms with Gasteiger partial charge in [-0.2, -0.15) is 5.48 Å². The van der Waals surface area contributed by atoms with E-state index in [9.17, 15) is 47.9 Å². The number of fused-ring (bicyclic) bond motifs is 4. The molecule has 0 aliphatic carbocycles. The van der Waals surface area contributed by atoms with Crippen LogP contribution in [0.25, 0.3) is 21.7 Å². The van der Waals surface area contributed by atoms with E-state index in [2.05, 4.69) is 42.2 Å². The van der Waals surface area contributed by atoms with Crippen LogP contribution in [0.5, 0.6) is 5.75 Å². The van der Waals surface area contributed by atoms with Crippen molar-refractivity contribution < 1.29 is 57.6 Å². The van der Waals surface area contributed by atoms with E-state index in [1.165, 1.54) is 35.2 Å². The molecular weight excluding hydrogens is 1010 g/mol. The molecule has 0 saturated heterocycles. The molecule has 4 aromatic carbocycles. The number of nitrogens with two attached hydrogens (primary N) is 1. The van der Waals surface area contributed by atoms with Crippen LogP contribution >= 0.6 is 19.4 Å². The number of halogens is 1. The Morgan fingerprint density at radius 2 is 1.52 bits per heavy atom. The third-order valence-electron chi connectivity index (χ3n) is 12.3. The normalized spacial score (nSPS) is 14.0. The minimum Gasteiger partial charge on any atom is -0.404 e. The van der Waals surface area contributed by atoms with E-state index in [0.29, 0.717) is 64.5 Å². The van der Waals surface area contributed by atoms with Gasteiger partial charge in [-0.25, -0.2) is 9.36 Å². The molecule has 1 aliphatic heterocycles. The van der Waals surface area contributed by atoms with Crippen molar-refractivity contribution in [1.29, 1.82) is 0 Å². The largest absolute Gasteiger partial charge is 0.524 e. The number of aromatic nitrogens is 1. The number of aromatic amines is 1. The number of nitrogens with one attached hydrogen (secondary N) is 9. The van der Waals surface area contributed by atoms with E-state index < -0.39 is 49.6 Å². The lowest BCUT2D eigenvalue weighted by atomic mass is 9.95. The highest BCUT2D eigenvalue weighted by molar-refractivity contribution is 7.46. The first kappa shape index (κ1) is 57.2. The summed E-state index contributed by atoms with van der Waals surface area (Å²) in [5, 5.41) is 29.8. The van der Waals surface area contributed by atoms with Crippen molar-refractivity contribution in [3.05, 3.63) is 95.7 Å². The zero-order valence-electron chi connectivity index (χ0n) is 41.4. The standard InChI is InChI=1S/C50H63ClN11O12P/c1-29(2)45(55-22-21-54-42(63)12-4-3-7-19-53-43(64)27-57-70)48(67)61-38(11-8-20-56-50(52)69)47(66)58-33-15-13-30(14-16-33)46(65)59-34-17-18-37-31(23-34)24-39(60-37)49(68)62-28-32(26-51)44-36-10-6-5-9-35(36)41(25-40(44)62)74-75(71,72)73/h5-6,9-10,13-18,23-25,29,32,38,45,55,57,60,70H,3-4,7-8,11-12,19-22,26-28H2,1-2H3,(H,53,64)(H,54,63)(H,58,66)(H,59,65)(H,61,67)(H3,52,56,69)(H2,71,72,73)/t32-,38+,45+/m1/s1. The quantitative estimate of drug-likeness (QED) is 0.0151. The Bertz CT molecular complexity index is 2920. The summed E-state index contributed by atoms with van der Waals surface area (Å²) >= 11 is 6.41. The fraction of sp³-hybridized carbons (Fsp3) is 0.380. The van der Waals surface area contributed by atoms with E-state index in [1.807, 2.05) is 13.8 Å². The predicted molar refractivity (Wildman–Crippen MR) is 283 cm³/mol. The molecule has 1 aliphatic rings. The number of rotatable bonds is 27. The second-order valence-corrected chi connectivity index (χ2v) is 19.7. The fourth-order valence-electron chi connectivity index (χ4n) is 8.69. The van der Waals surface area contributed by atoms with Crippen LogP contribution in [0.1, 0.15) is 84.7 Å². The Morgan fingerprint density at radius 3 is 2.21 bits per heavy atom. The molecule has 402 valence electrons. The third kappa shape index (κ3) is 16.2. The maximum absolute atomic E-state index is 14.2. The van der Waals surface area contributed by atoms with Crippen molar-refractivity contribution >= 4 is 99.6 Å². The monoisotopic (exact) mass is 1080 g/mol. The molecule has 5 aromatic rings. The lowest BCUT2D eigenvalue weighted by Gasteiger charge is -2.25. The van der Waals surface area contributed by atoms with Crippen LogP contribution in [0.2, 0.25) is 0 Å². The second-order valence-electron chi connectivity index (χ2n) is 18.2. The molecular formula is C50H63ClN11O12P. The minimum atomic E-state index is -4.95. The van der Waals surface area contributed by atoms with E-state index in [-0.39, 0.29) is 92.1 Å². The van der Waals surface area contributed by atoms with E-state index in [0.717, 1.165) is 12.0 Å². The summed E-state index contributed by atoms with van der Waals surface area (Å²) < 4.78 is 17.0. The number of alkyl halides is 1. The van der Waals surface area contributed by atoms with Crippen molar-refractivity contribution in [2.24, 2.45) is 11.7 Å². The lowest BCUT2D eigenvalue weighted by molar-refractivity contribution is -0.128. The average Bonchev–Trinajstić information content (AvgIpc) is 3.97. The van der Waals surface area contributed by atoms with Crippen LogP contribution in [-0.4, -0.2) is 119 Å². The topological polar surface area (TPSA) is 348 Å². The van der Waals surface area contributed by atoms with Gasteiger partial charge in [-0.1, -0.05) is 44.5 Å². The number of nitrogens with zero attached hydrogens (tertiary/aromatic N) is 1. The molecule has 0 bridgehead atoms. The highest BCUT2D eigenvalue weighted by Crippen LogP contribution is 2.49. The minimum absolute atomic E-state index is 0.0801. The zero-order chi connectivity index (χ0) is 54.2. The molecule has 0 spiro atoms. The number of phosphoric acid groups is 1. The summed E-state index contributed by atoms with van der Waals surface area (Å²) in [5.74, 6) is -2.76. The van der Waals surface area contributed by atoms with E-state index in [4.69, 9.17) is 27.1 Å². The van der Waals surface area contributed by atoms with Crippen molar-refractivity contribution in [2.45, 2.75) is 70.4 Å². The molecule has 2 heterocycles. The molecule has 6 rings (SSSR count). The first-order chi connectivity index (χ1) is 35.8. The molecule has 23 nitrogen and oxygen atoms in total.